The zero-order valence-corrected chi connectivity index (χ0v) is 72.8. The predicted octanol–water partition coefficient (Wildman–Crippen LogP) is 5.36. The number of carbonyl (C=O) groups is 2. The van der Waals surface area contributed by atoms with E-state index >= 15 is 13.7 Å². The molecule has 9 heterocycles. The molecule has 49 heteroatoms. The van der Waals surface area contributed by atoms with E-state index in [4.69, 9.17) is 117 Å². The third-order valence-electron chi connectivity index (χ3n) is 19.9. The lowest BCUT2D eigenvalue weighted by atomic mass is 10.0. The van der Waals surface area contributed by atoms with Crippen LogP contribution in [0.3, 0.4) is 0 Å². The molecule has 4 saturated heterocycles. The van der Waals surface area contributed by atoms with Gasteiger partial charge in [-0.3, -0.25) is 93.4 Å². The molecule has 4 fully saturated rings. The first kappa shape index (κ1) is 97.5. The summed E-state index contributed by atoms with van der Waals surface area (Å²) >= 11 is 0. The number of fused-ring (bicyclic) bond motifs is 1. The number of aromatic nitrogens is 10. The van der Waals surface area contributed by atoms with Crippen LogP contribution in [0.4, 0.5) is 11.8 Å². The summed E-state index contributed by atoms with van der Waals surface area (Å²) in [6, 6.07) is 8.03. The first-order valence-corrected chi connectivity index (χ1v) is 43.8. The Morgan fingerprint density at radius 2 is 0.944 bits per heavy atom. The van der Waals surface area contributed by atoms with Gasteiger partial charge < -0.3 is 76.7 Å². The highest BCUT2D eigenvalue weighted by Gasteiger charge is 2.58. The molecule has 2 amide bonds. The number of aromatic amines is 2. The van der Waals surface area contributed by atoms with Crippen LogP contribution in [0.2, 0.25) is 0 Å². The summed E-state index contributed by atoms with van der Waals surface area (Å²) in [5, 5.41) is 5.20. The molecular formula is C75H102N15O31P3. The van der Waals surface area contributed by atoms with Crippen LogP contribution in [0.25, 0.3) is 25.7 Å². The van der Waals surface area contributed by atoms with Crippen molar-refractivity contribution in [3.05, 3.63) is 170 Å². The quantitative estimate of drug-likeness (QED) is 0.0212. The maximum absolute atomic E-state index is 16.5. The molecule has 0 aliphatic carbocycles. The molecule has 19 atom stereocenters. The number of phosphoric ester groups is 3. The van der Waals surface area contributed by atoms with Crippen molar-refractivity contribution in [2.24, 2.45) is 11.8 Å². The Bertz CT molecular complexity index is 5210. The third-order valence-corrected chi connectivity index (χ3v) is 24.3. The Morgan fingerprint density at radius 3 is 1.43 bits per heavy atom. The number of methoxy groups -OCH3 is 4. The van der Waals surface area contributed by atoms with Gasteiger partial charge in [-0.05, 0) is 51.8 Å². The number of nitrogens with zero attached hydrogens (tertiary/aromatic N) is 11. The zero-order valence-electron chi connectivity index (χ0n) is 70.2. The van der Waals surface area contributed by atoms with Gasteiger partial charge in [0.25, 0.3) is 17.0 Å². The second kappa shape index (κ2) is 45.6. The fourth-order valence-corrected chi connectivity index (χ4v) is 17.5. The fraction of sp³-hybridized carbons (Fsp3) is 0.627. The van der Waals surface area contributed by atoms with E-state index < -0.39 is 227 Å². The average molecular weight is 1800 g/mol. The number of ether oxygens (including phenoxy) is 12. The number of rotatable bonds is 49. The highest BCUT2D eigenvalue weighted by atomic mass is 31.2. The van der Waals surface area contributed by atoms with Gasteiger partial charge in [0.2, 0.25) is 31.5 Å². The third kappa shape index (κ3) is 24.5. The summed E-state index contributed by atoms with van der Waals surface area (Å²) in [7, 11) is -10.5. The van der Waals surface area contributed by atoms with Gasteiger partial charge in [0.05, 0.1) is 91.2 Å². The molecule has 6 aromatic rings. The van der Waals surface area contributed by atoms with Gasteiger partial charge in [0.1, 0.15) is 80.6 Å². The minimum atomic E-state index is -5.58. The molecule has 4 aliphatic heterocycles. The van der Waals surface area contributed by atoms with Gasteiger partial charge in [0.15, 0.2) is 36.1 Å². The lowest BCUT2D eigenvalue weighted by Crippen LogP contribution is -2.41. The van der Waals surface area contributed by atoms with E-state index in [9.17, 15) is 33.6 Å². The summed E-state index contributed by atoms with van der Waals surface area (Å²) < 4.78 is 183. The number of benzene rings is 1. The second-order valence-electron chi connectivity index (χ2n) is 28.8. The number of H-pyrrole nitrogens is 2. The summed E-state index contributed by atoms with van der Waals surface area (Å²) in [5.74, 6) is -3.06. The molecule has 4 aliphatic rings. The molecule has 0 bridgehead atoms. The lowest BCUT2D eigenvalue weighted by molar-refractivity contribution is -0.119. The van der Waals surface area contributed by atoms with Crippen molar-refractivity contribution in [1.29, 1.82) is 0 Å². The fourth-order valence-electron chi connectivity index (χ4n) is 13.4. The van der Waals surface area contributed by atoms with Crippen LogP contribution in [0.5, 0.6) is 0 Å². The SMILES string of the molecule is [C-]#[N+]CCOP(=O)(OC[C@H]1O[C@@H](n2cc(C)c(NC(=O)c3ccccc3)nc2=O)C(OCCOC)[C@H]1OP(=O)(OCC[N+]#[C-])OC[C@H]1O[C@@H](n2cnc3c(=O)[nH]c(NC(=O)C(C)C)nc32)C(OCCOC)[C@H]1OP(=O)(OCC[N+]#[C-])OC[C@H]1O[C@@H](n2cc(C)c(=O)[nH]c2=O)C(OCCOC)[C@H]1C)O[C@@H]1C(OCCOC)[C@H](n2cc(C)c(C)nc2=O)O[C@@H]1CC. The number of aryl methyl sites for hydroxylation is 4. The van der Waals surface area contributed by atoms with Crippen molar-refractivity contribution < 1.29 is 121 Å². The van der Waals surface area contributed by atoms with E-state index in [1.54, 1.807) is 59.7 Å². The van der Waals surface area contributed by atoms with Gasteiger partial charge >= 0.3 is 40.5 Å². The van der Waals surface area contributed by atoms with Crippen LogP contribution in [0.1, 0.15) is 91.8 Å². The van der Waals surface area contributed by atoms with Crippen molar-refractivity contribution >= 4 is 58.2 Å². The molecule has 0 spiro atoms. The van der Waals surface area contributed by atoms with Gasteiger partial charge in [-0.15, -0.1) is 0 Å². The number of carbonyl (C=O) groups excluding carboxylic acids is 2. The number of hydrogen-bond acceptors (Lipinski definition) is 35. The molecule has 0 radical (unpaired) electrons. The van der Waals surface area contributed by atoms with E-state index in [1.807, 2.05) is 0 Å². The normalized spacial score (nSPS) is 25.2. The number of nitrogens with one attached hydrogen (secondary N) is 4. The summed E-state index contributed by atoms with van der Waals surface area (Å²) in [6.07, 6.45) is -17.6. The van der Waals surface area contributed by atoms with Crippen LogP contribution in [-0.2, 0) is 116 Å². The minimum absolute atomic E-state index is 0.00956. The van der Waals surface area contributed by atoms with Crippen molar-refractivity contribution in [1.82, 2.24) is 48.2 Å². The van der Waals surface area contributed by atoms with E-state index in [2.05, 4.69) is 55.1 Å². The topological polar surface area (TPSA) is 505 Å². The molecule has 5 aromatic heterocycles. The van der Waals surface area contributed by atoms with E-state index in [0.29, 0.717) is 11.3 Å². The van der Waals surface area contributed by atoms with Crippen LogP contribution < -0.4 is 38.8 Å². The highest BCUT2D eigenvalue weighted by molar-refractivity contribution is 7.49. The van der Waals surface area contributed by atoms with Crippen molar-refractivity contribution in [3.8, 4) is 0 Å². The summed E-state index contributed by atoms with van der Waals surface area (Å²) in [6.45, 7) is 28.9. The smallest absolute Gasteiger partial charge is 0.382 e. The Labute approximate surface area is 710 Å². The summed E-state index contributed by atoms with van der Waals surface area (Å²) in [5.41, 5.74) is -3.19. The maximum Gasteiger partial charge on any atom is 0.475 e. The highest BCUT2D eigenvalue weighted by Crippen LogP contribution is 2.59. The van der Waals surface area contributed by atoms with Crippen LogP contribution in [-0.4, -0.2) is 268 Å². The zero-order chi connectivity index (χ0) is 89.6. The van der Waals surface area contributed by atoms with E-state index in [-0.39, 0.29) is 98.9 Å². The van der Waals surface area contributed by atoms with E-state index in [0.717, 1.165) is 15.5 Å². The second-order valence-corrected chi connectivity index (χ2v) is 33.6. The van der Waals surface area contributed by atoms with E-state index in [1.165, 1.54) is 82.1 Å². The Morgan fingerprint density at radius 1 is 0.508 bits per heavy atom. The molecule has 0 saturated carbocycles. The van der Waals surface area contributed by atoms with Crippen molar-refractivity contribution in [2.45, 2.75) is 154 Å². The summed E-state index contributed by atoms with van der Waals surface area (Å²) in [4.78, 5) is 128. The molecule has 678 valence electrons. The van der Waals surface area contributed by atoms with Crippen LogP contribution in [0, 0.1) is 59.2 Å². The van der Waals surface area contributed by atoms with Crippen molar-refractivity contribution in [2.75, 3.05) is 151 Å². The number of phosphoric acid groups is 3. The van der Waals surface area contributed by atoms with Gasteiger partial charge in [-0.25, -0.2) is 52.8 Å². The maximum atomic E-state index is 16.5. The van der Waals surface area contributed by atoms with Crippen LogP contribution >= 0.6 is 23.5 Å². The average Bonchev–Trinajstić information content (AvgIpc) is 1.61. The number of hydrogen-bond donors (Lipinski definition) is 4. The molecule has 1 aromatic carbocycles. The largest absolute Gasteiger partial charge is 0.475 e. The first-order valence-electron chi connectivity index (χ1n) is 39.4. The number of imidazole rings is 1. The first-order chi connectivity index (χ1) is 59.5. The molecule has 7 unspecified atom stereocenters. The van der Waals surface area contributed by atoms with Crippen LogP contribution in [0.15, 0.2) is 79.2 Å². The Hall–Kier alpha value is -8.73. The minimum Gasteiger partial charge on any atom is -0.382 e. The number of anilines is 2. The molecule has 4 N–H and O–H groups in total. The van der Waals surface area contributed by atoms with Gasteiger partial charge in [-0.2, -0.15) is 15.0 Å². The Balaban J connectivity index is 1.08. The molecule has 46 nitrogen and oxygen atoms in total. The Kier molecular flexibility index (Phi) is 35.9. The standard InChI is InChI=1S/C75H102N15O31P3/c1-16-50-56(59(106-33-29-102-13)69(115-50)87-36-44(4)48(8)80-73(87)95)119-123(99,110-26-23-77-10)113-40-52-57(60(107-34-30-103-14)70(117-52)88-37-45(5)62(82-74(88)96)81-66(93)49-20-18-17-19-21-49)120-124(100,111-27-24-78-11)114-41-53-58(61(108-35-31-104-15)71(118-53)90-42-79-54-63(90)83-72(85-67(54)94)84-64(91)43(2)3)121-122(98,109-25-22-76-9)112-39-51-47(7)55(105-32-28-101-12)68(116-51)89-38-46(6)65(92)86-75(89)97/h17-21,36-38,42-43,47,50-53,55-61,68-71H,16,22-35,39-41H2,1-8,12-15H3,(H,86,92,97)(H,81,82,93,96)(H2,83,84,85,91,94)/t47-,50+,51+,52+,53+,55?,56-,57-,58-,59?,60?,61?,68+,69+,70+,71+,122?,123?,124?/m0/s1. The van der Waals surface area contributed by atoms with Gasteiger partial charge in [-0.1, -0.05) is 45.9 Å². The van der Waals surface area contributed by atoms with Gasteiger partial charge in [0, 0.05) is 81.2 Å². The molecule has 10 rings (SSSR count). The monoisotopic (exact) mass is 1800 g/mol. The number of amides is 2. The lowest BCUT2D eigenvalue weighted by Gasteiger charge is -2.30. The molecular weight excluding hydrogens is 1700 g/mol. The predicted molar refractivity (Wildman–Crippen MR) is 432 cm³/mol. The molecule has 124 heavy (non-hydrogen) atoms. The van der Waals surface area contributed by atoms with Crippen molar-refractivity contribution in [3.63, 3.8) is 0 Å².